The first-order chi connectivity index (χ1) is 7.32. The van der Waals surface area contributed by atoms with E-state index in [1.54, 1.807) is 20.8 Å². The fourth-order valence-corrected chi connectivity index (χ4v) is 1.21. The van der Waals surface area contributed by atoms with Gasteiger partial charge < -0.3 is 10.4 Å². The van der Waals surface area contributed by atoms with Crippen molar-refractivity contribution in [3.63, 3.8) is 0 Å². The molecule has 0 saturated heterocycles. The van der Waals surface area contributed by atoms with Crippen LogP contribution in [-0.2, 0) is 9.59 Å². The van der Waals surface area contributed by atoms with Crippen LogP contribution in [0, 0.1) is 5.41 Å². The molecule has 0 radical (unpaired) electrons. The highest BCUT2D eigenvalue weighted by atomic mass is 16.3. The van der Waals surface area contributed by atoms with Gasteiger partial charge >= 0.3 is 0 Å². The summed E-state index contributed by atoms with van der Waals surface area (Å²) in [6.45, 7) is 6.89. The minimum atomic E-state index is -0.545. The molecule has 4 nitrogen and oxygen atoms in total. The molecule has 0 fully saturated rings. The Kier molecular flexibility index (Phi) is 6.26. The topological polar surface area (TPSA) is 66.4 Å². The van der Waals surface area contributed by atoms with Gasteiger partial charge in [-0.3, -0.25) is 9.59 Å². The quantitative estimate of drug-likeness (QED) is 0.720. The molecule has 0 aromatic rings. The summed E-state index contributed by atoms with van der Waals surface area (Å²) < 4.78 is 0. The van der Waals surface area contributed by atoms with E-state index in [2.05, 4.69) is 5.32 Å². The van der Waals surface area contributed by atoms with Crippen LogP contribution in [0.1, 0.15) is 47.0 Å². The minimum Gasteiger partial charge on any atom is -0.389 e. The van der Waals surface area contributed by atoms with Crippen molar-refractivity contribution in [3.05, 3.63) is 0 Å². The third kappa shape index (κ3) is 5.26. The van der Waals surface area contributed by atoms with Gasteiger partial charge in [-0.15, -0.1) is 0 Å². The van der Waals surface area contributed by atoms with Crippen molar-refractivity contribution >= 4 is 11.7 Å². The van der Waals surface area contributed by atoms with Crippen molar-refractivity contribution in [2.24, 2.45) is 5.41 Å². The van der Waals surface area contributed by atoms with Gasteiger partial charge in [0, 0.05) is 5.41 Å². The number of aliphatic hydroxyl groups is 1. The van der Waals surface area contributed by atoms with E-state index in [9.17, 15) is 9.59 Å². The average Bonchev–Trinajstić information content (AvgIpc) is 2.21. The second kappa shape index (κ2) is 6.63. The van der Waals surface area contributed by atoms with E-state index >= 15 is 0 Å². The molecule has 0 aliphatic heterocycles. The first-order valence-electron chi connectivity index (χ1n) is 5.77. The molecule has 2 N–H and O–H groups in total. The van der Waals surface area contributed by atoms with Gasteiger partial charge in [-0.1, -0.05) is 40.5 Å². The Bertz CT molecular complexity index is 243. The number of carbonyl (C=O) groups is 2. The molecule has 0 saturated carbocycles. The highest BCUT2D eigenvalue weighted by Crippen LogP contribution is 2.14. The van der Waals surface area contributed by atoms with E-state index in [0.717, 1.165) is 12.8 Å². The van der Waals surface area contributed by atoms with Gasteiger partial charge in [0.1, 0.15) is 6.61 Å². The third-order valence-electron chi connectivity index (χ3n) is 2.38. The molecular weight excluding hydrogens is 206 g/mol. The number of hydrogen-bond donors (Lipinski definition) is 2. The SMILES string of the molecule is CCCCC(NC(=O)C(C)(C)C)C(=O)CO. The molecule has 0 aromatic heterocycles. The highest BCUT2D eigenvalue weighted by Gasteiger charge is 2.26. The second-order valence-electron chi connectivity index (χ2n) is 5.04. The van der Waals surface area contributed by atoms with Gasteiger partial charge in [-0.2, -0.15) is 0 Å². The summed E-state index contributed by atoms with van der Waals surface area (Å²) in [7, 11) is 0. The van der Waals surface area contributed by atoms with Crippen LogP contribution < -0.4 is 5.32 Å². The number of ketones is 1. The summed E-state index contributed by atoms with van der Waals surface area (Å²) >= 11 is 0. The first kappa shape index (κ1) is 15.1. The number of hydrogen-bond acceptors (Lipinski definition) is 3. The molecule has 16 heavy (non-hydrogen) atoms. The number of aliphatic hydroxyl groups excluding tert-OH is 1. The molecule has 0 heterocycles. The van der Waals surface area contributed by atoms with Crippen molar-refractivity contribution in [2.75, 3.05) is 6.61 Å². The van der Waals surface area contributed by atoms with Gasteiger partial charge in [0.15, 0.2) is 5.78 Å². The maximum absolute atomic E-state index is 11.7. The number of rotatable bonds is 6. The molecule has 0 aliphatic rings. The average molecular weight is 229 g/mol. The lowest BCUT2D eigenvalue weighted by Crippen LogP contribution is -2.46. The molecule has 94 valence electrons. The number of carbonyl (C=O) groups excluding carboxylic acids is 2. The van der Waals surface area contributed by atoms with E-state index in [4.69, 9.17) is 5.11 Å². The molecule has 0 aromatic carbocycles. The number of unbranched alkanes of at least 4 members (excludes halogenated alkanes) is 1. The molecule has 1 amide bonds. The zero-order chi connectivity index (χ0) is 12.8. The van der Waals surface area contributed by atoms with Crippen molar-refractivity contribution in [3.8, 4) is 0 Å². The Hall–Kier alpha value is -0.900. The molecular formula is C12H23NO3. The number of amides is 1. The fourth-order valence-electron chi connectivity index (χ4n) is 1.21. The van der Waals surface area contributed by atoms with E-state index in [-0.39, 0.29) is 11.7 Å². The van der Waals surface area contributed by atoms with E-state index < -0.39 is 18.1 Å². The van der Waals surface area contributed by atoms with E-state index in [0.29, 0.717) is 6.42 Å². The Morgan fingerprint density at radius 1 is 1.31 bits per heavy atom. The van der Waals surface area contributed by atoms with Crippen LogP contribution >= 0.6 is 0 Å². The van der Waals surface area contributed by atoms with Crippen molar-refractivity contribution in [1.29, 1.82) is 0 Å². The minimum absolute atomic E-state index is 0.157. The predicted molar refractivity (Wildman–Crippen MR) is 63.0 cm³/mol. The van der Waals surface area contributed by atoms with Crippen LogP contribution in [0.5, 0.6) is 0 Å². The largest absolute Gasteiger partial charge is 0.389 e. The summed E-state index contributed by atoms with van der Waals surface area (Å²) in [6.07, 6.45) is 2.42. The Morgan fingerprint density at radius 3 is 2.25 bits per heavy atom. The van der Waals surface area contributed by atoms with Crippen LogP contribution in [0.2, 0.25) is 0 Å². The molecule has 0 spiro atoms. The lowest BCUT2D eigenvalue weighted by molar-refractivity contribution is -0.133. The first-order valence-corrected chi connectivity index (χ1v) is 5.77. The molecule has 1 atom stereocenters. The monoisotopic (exact) mass is 229 g/mol. The molecule has 0 aliphatic carbocycles. The number of nitrogens with one attached hydrogen (secondary N) is 1. The normalized spacial score (nSPS) is 13.3. The van der Waals surface area contributed by atoms with Crippen LogP contribution in [-0.4, -0.2) is 29.4 Å². The second-order valence-corrected chi connectivity index (χ2v) is 5.04. The Balaban J connectivity index is 4.42. The van der Waals surface area contributed by atoms with Crippen LogP contribution in [0.3, 0.4) is 0 Å². The summed E-state index contributed by atoms with van der Waals surface area (Å²) in [5.74, 6) is -0.471. The van der Waals surface area contributed by atoms with Gasteiger partial charge in [-0.05, 0) is 6.42 Å². The smallest absolute Gasteiger partial charge is 0.225 e. The van der Waals surface area contributed by atoms with E-state index in [1.165, 1.54) is 0 Å². The van der Waals surface area contributed by atoms with E-state index in [1.807, 2.05) is 6.92 Å². The van der Waals surface area contributed by atoms with Gasteiger partial charge in [0.05, 0.1) is 6.04 Å². The fraction of sp³-hybridized carbons (Fsp3) is 0.833. The summed E-state index contributed by atoms with van der Waals surface area (Å²) in [5.41, 5.74) is -0.514. The predicted octanol–water partition coefficient (Wildman–Crippen LogP) is 1.27. The molecule has 0 bridgehead atoms. The summed E-state index contributed by atoms with van der Waals surface area (Å²) in [6, 6.07) is -0.545. The van der Waals surface area contributed by atoms with Gasteiger partial charge in [0.25, 0.3) is 0 Å². The Morgan fingerprint density at radius 2 is 1.88 bits per heavy atom. The maximum Gasteiger partial charge on any atom is 0.225 e. The zero-order valence-corrected chi connectivity index (χ0v) is 10.7. The zero-order valence-electron chi connectivity index (χ0n) is 10.7. The number of Topliss-reactive ketones (excluding diaryl/α,β-unsaturated/α-hetero) is 1. The van der Waals surface area contributed by atoms with Crippen LogP contribution in [0.4, 0.5) is 0 Å². The third-order valence-corrected chi connectivity index (χ3v) is 2.38. The van der Waals surface area contributed by atoms with Crippen LogP contribution in [0.25, 0.3) is 0 Å². The van der Waals surface area contributed by atoms with Crippen molar-refractivity contribution in [1.82, 2.24) is 5.32 Å². The van der Waals surface area contributed by atoms with Crippen molar-refractivity contribution in [2.45, 2.75) is 53.0 Å². The van der Waals surface area contributed by atoms with Gasteiger partial charge in [-0.25, -0.2) is 0 Å². The Labute approximate surface area is 97.4 Å². The standard InChI is InChI=1S/C12H23NO3/c1-5-6-7-9(10(15)8-14)13-11(16)12(2,3)4/h9,14H,5-8H2,1-4H3,(H,13,16). The maximum atomic E-state index is 11.7. The molecule has 0 rings (SSSR count). The summed E-state index contributed by atoms with van der Waals surface area (Å²) in [4.78, 5) is 23.1. The molecule has 4 heteroatoms. The summed E-state index contributed by atoms with van der Waals surface area (Å²) in [5, 5.41) is 11.5. The lowest BCUT2D eigenvalue weighted by Gasteiger charge is -2.23. The lowest BCUT2D eigenvalue weighted by atomic mass is 9.94. The van der Waals surface area contributed by atoms with Crippen molar-refractivity contribution < 1.29 is 14.7 Å². The van der Waals surface area contributed by atoms with Gasteiger partial charge in [0.2, 0.25) is 5.91 Å². The molecule has 1 unspecified atom stereocenters. The van der Waals surface area contributed by atoms with Crippen LogP contribution in [0.15, 0.2) is 0 Å². The highest BCUT2D eigenvalue weighted by molar-refractivity contribution is 5.91.